The Kier molecular flexibility index (Phi) is 9.44. The molecule has 0 fully saturated rings. The van der Waals surface area contributed by atoms with E-state index in [1.54, 1.807) is 13.0 Å². The summed E-state index contributed by atoms with van der Waals surface area (Å²) in [5, 5.41) is 21.6. The fourth-order valence-electron chi connectivity index (χ4n) is 2.72. The molecule has 2 aromatic carbocycles. The molecule has 0 aromatic heterocycles. The van der Waals surface area contributed by atoms with Crippen LogP contribution in [0, 0.1) is 10.1 Å². The van der Waals surface area contributed by atoms with Crippen molar-refractivity contribution in [3.8, 4) is 0 Å². The molecule has 0 aliphatic heterocycles. The second-order valence-electron chi connectivity index (χ2n) is 6.71. The van der Waals surface area contributed by atoms with E-state index in [4.69, 9.17) is 21.1 Å². The van der Waals surface area contributed by atoms with Crippen molar-refractivity contribution in [3.05, 3.63) is 51.5 Å². The van der Waals surface area contributed by atoms with E-state index in [-0.39, 0.29) is 47.5 Å². The maximum Gasteiger partial charge on any atom is 0.325 e. The number of methoxy groups -OCH3 is 1. The Morgan fingerprint density at radius 1 is 1.09 bits per heavy atom. The summed E-state index contributed by atoms with van der Waals surface area (Å²) in [6.45, 7) is 2.66. The number of rotatable bonds is 10. The van der Waals surface area contributed by atoms with Crippen molar-refractivity contribution in [3.63, 3.8) is 0 Å². The van der Waals surface area contributed by atoms with Crippen molar-refractivity contribution in [2.75, 3.05) is 37.0 Å². The Morgan fingerprint density at radius 2 is 1.74 bits per heavy atom. The first kappa shape index (κ1) is 26.2. The second kappa shape index (κ2) is 12.3. The molecule has 34 heavy (non-hydrogen) atoms. The van der Waals surface area contributed by atoms with Gasteiger partial charge in [0.15, 0.2) is 0 Å². The third kappa shape index (κ3) is 7.52. The standard InChI is InChI=1S/C21H22ClN5O7/c1-4-34-21(30)12-26(11-20(29)33-3)14-5-8-18(19(10-14)23-13(2)28)25-24-17-7-6-15(27(31)32)9-16(17)22/h5-10H,4,11-12H2,1-3H3,(H,23,28). The summed E-state index contributed by atoms with van der Waals surface area (Å²) in [5.41, 5.74) is 0.877. The predicted molar refractivity (Wildman–Crippen MR) is 124 cm³/mol. The Morgan fingerprint density at radius 3 is 2.32 bits per heavy atom. The highest BCUT2D eigenvalue weighted by Crippen LogP contribution is 2.34. The average Bonchev–Trinajstić information content (AvgIpc) is 2.78. The van der Waals surface area contributed by atoms with Gasteiger partial charge < -0.3 is 19.7 Å². The number of nitro benzene ring substituents is 1. The smallest absolute Gasteiger partial charge is 0.325 e. The maximum absolute atomic E-state index is 12.0. The Hall–Kier alpha value is -4.06. The zero-order valence-electron chi connectivity index (χ0n) is 18.6. The van der Waals surface area contributed by atoms with Gasteiger partial charge in [0.2, 0.25) is 5.91 Å². The van der Waals surface area contributed by atoms with Crippen molar-refractivity contribution < 1.29 is 28.8 Å². The number of carbonyl (C=O) groups is 3. The normalized spacial score (nSPS) is 10.6. The van der Waals surface area contributed by atoms with Gasteiger partial charge in [-0.05, 0) is 31.2 Å². The zero-order chi connectivity index (χ0) is 25.3. The number of carbonyl (C=O) groups excluding carboxylic acids is 3. The van der Waals surface area contributed by atoms with Crippen molar-refractivity contribution in [1.29, 1.82) is 0 Å². The average molecular weight is 492 g/mol. The SMILES string of the molecule is CCOC(=O)CN(CC(=O)OC)c1ccc(N=Nc2ccc([N+](=O)[O-])cc2Cl)c(NC(C)=O)c1. The number of benzene rings is 2. The van der Waals surface area contributed by atoms with Gasteiger partial charge in [0, 0.05) is 24.7 Å². The molecule has 12 nitrogen and oxygen atoms in total. The molecule has 0 saturated carbocycles. The number of nitrogens with zero attached hydrogens (tertiary/aromatic N) is 4. The largest absolute Gasteiger partial charge is 0.468 e. The minimum atomic E-state index is -0.587. The number of nitro groups is 1. The number of non-ortho nitro benzene ring substituents is 1. The van der Waals surface area contributed by atoms with Gasteiger partial charge in [-0.3, -0.25) is 24.5 Å². The van der Waals surface area contributed by atoms with Gasteiger partial charge in [-0.15, -0.1) is 10.2 Å². The Bertz CT molecular complexity index is 1120. The van der Waals surface area contributed by atoms with E-state index in [0.717, 1.165) is 6.07 Å². The van der Waals surface area contributed by atoms with Crippen LogP contribution in [0.25, 0.3) is 0 Å². The summed E-state index contributed by atoms with van der Waals surface area (Å²) in [4.78, 5) is 47.3. The summed E-state index contributed by atoms with van der Waals surface area (Å²) < 4.78 is 9.65. The molecule has 1 amide bonds. The van der Waals surface area contributed by atoms with E-state index < -0.39 is 22.8 Å². The first-order valence-corrected chi connectivity index (χ1v) is 10.3. The number of nitrogens with one attached hydrogen (secondary N) is 1. The van der Waals surface area contributed by atoms with E-state index in [1.165, 1.54) is 43.2 Å². The number of amides is 1. The third-order valence-corrected chi connectivity index (χ3v) is 4.54. The highest BCUT2D eigenvalue weighted by molar-refractivity contribution is 6.33. The van der Waals surface area contributed by atoms with Crippen LogP contribution in [0.15, 0.2) is 46.6 Å². The molecule has 0 spiro atoms. The quantitative estimate of drug-likeness (QED) is 0.225. The molecule has 0 unspecified atom stereocenters. The van der Waals surface area contributed by atoms with Gasteiger partial charge in [-0.1, -0.05) is 11.6 Å². The molecule has 2 rings (SSSR count). The molecule has 0 bridgehead atoms. The number of halogens is 1. The lowest BCUT2D eigenvalue weighted by Gasteiger charge is -2.23. The summed E-state index contributed by atoms with van der Waals surface area (Å²) in [7, 11) is 1.22. The van der Waals surface area contributed by atoms with Crippen LogP contribution >= 0.6 is 11.6 Å². The zero-order valence-corrected chi connectivity index (χ0v) is 19.4. The molecule has 0 radical (unpaired) electrons. The summed E-state index contributed by atoms with van der Waals surface area (Å²) in [5.74, 6) is -1.53. The third-order valence-electron chi connectivity index (χ3n) is 4.24. The van der Waals surface area contributed by atoms with Crippen molar-refractivity contribution >= 4 is 57.9 Å². The van der Waals surface area contributed by atoms with Gasteiger partial charge in [0.05, 0.1) is 29.4 Å². The van der Waals surface area contributed by atoms with Crippen molar-refractivity contribution in [2.45, 2.75) is 13.8 Å². The molecule has 0 atom stereocenters. The number of anilines is 2. The Labute approximate surface area is 199 Å². The molecule has 13 heteroatoms. The van der Waals surface area contributed by atoms with Crippen LogP contribution in [0.1, 0.15) is 13.8 Å². The van der Waals surface area contributed by atoms with Crippen molar-refractivity contribution in [1.82, 2.24) is 0 Å². The molecule has 2 aromatic rings. The fraction of sp³-hybridized carbons (Fsp3) is 0.286. The van der Waals surface area contributed by atoms with Crippen LogP contribution in [0.5, 0.6) is 0 Å². The summed E-state index contributed by atoms with van der Waals surface area (Å²) in [6.07, 6.45) is 0. The van der Waals surface area contributed by atoms with Crippen LogP contribution < -0.4 is 10.2 Å². The topological polar surface area (TPSA) is 153 Å². The molecule has 1 N–H and O–H groups in total. The van der Waals surface area contributed by atoms with E-state index >= 15 is 0 Å². The minimum Gasteiger partial charge on any atom is -0.468 e. The highest BCUT2D eigenvalue weighted by Gasteiger charge is 2.18. The monoisotopic (exact) mass is 491 g/mol. The maximum atomic E-state index is 12.0. The van der Waals surface area contributed by atoms with E-state index in [0.29, 0.717) is 5.69 Å². The molecule has 180 valence electrons. The molecule has 0 saturated heterocycles. The Balaban J connectivity index is 2.41. The lowest BCUT2D eigenvalue weighted by atomic mass is 10.2. The van der Waals surface area contributed by atoms with Gasteiger partial charge >= 0.3 is 11.9 Å². The van der Waals surface area contributed by atoms with Crippen LogP contribution in [-0.2, 0) is 23.9 Å². The van der Waals surface area contributed by atoms with Gasteiger partial charge in [-0.2, -0.15) is 0 Å². The first-order chi connectivity index (χ1) is 16.1. The van der Waals surface area contributed by atoms with Gasteiger partial charge in [0.25, 0.3) is 5.69 Å². The first-order valence-electron chi connectivity index (χ1n) is 9.89. The summed E-state index contributed by atoms with van der Waals surface area (Å²) in [6, 6.07) is 8.31. The summed E-state index contributed by atoms with van der Waals surface area (Å²) >= 11 is 6.04. The number of esters is 2. The molecule has 0 aliphatic rings. The minimum absolute atomic E-state index is 0.0225. The number of ether oxygens (including phenoxy) is 2. The van der Waals surface area contributed by atoms with E-state index in [1.807, 2.05) is 0 Å². The van der Waals surface area contributed by atoms with Crippen LogP contribution in [0.4, 0.5) is 28.4 Å². The molecular weight excluding hydrogens is 470 g/mol. The van der Waals surface area contributed by atoms with Gasteiger partial charge in [0.1, 0.15) is 24.5 Å². The molecule has 0 aliphatic carbocycles. The molecular formula is C21H22ClN5O7. The van der Waals surface area contributed by atoms with E-state index in [2.05, 4.69) is 15.5 Å². The van der Waals surface area contributed by atoms with Crippen LogP contribution in [0.3, 0.4) is 0 Å². The fourth-order valence-corrected chi connectivity index (χ4v) is 2.93. The predicted octanol–water partition coefficient (Wildman–Crippen LogP) is 4.16. The van der Waals surface area contributed by atoms with Gasteiger partial charge in [-0.25, -0.2) is 0 Å². The second-order valence-corrected chi connectivity index (χ2v) is 7.12. The number of hydrogen-bond acceptors (Lipinski definition) is 10. The van der Waals surface area contributed by atoms with Crippen LogP contribution in [-0.4, -0.2) is 49.6 Å². The molecule has 0 heterocycles. The van der Waals surface area contributed by atoms with Crippen LogP contribution in [0.2, 0.25) is 5.02 Å². The van der Waals surface area contributed by atoms with E-state index in [9.17, 15) is 24.5 Å². The lowest BCUT2D eigenvalue weighted by Crippen LogP contribution is -2.36. The highest BCUT2D eigenvalue weighted by atomic mass is 35.5. The number of hydrogen-bond donors (Lipinski definition) is 1. The number of azo groups is 1. The van der Waals surface area contributed by atoms with Crippen molar-refractivity contribution in [2.24, 2.45) is 10.2 Å². The lowest BCUT2D eigenvalue weighted by molar-refractivity contribution is -0.384.